The summed E-state index contributed by atoms with van der Waals surface area (Å²) in [6.07, 6.45) is 6.53. The lowest BCUT2D eigenvalue weighted by atomic mass is 10.1. The van der Waals surface area contributed by atoms with Gasteiger partial charge in [0.2, 0.25) is 0 Å². The van der Waals surface area contributed by atoms with Crippen LogP contribution in [0.25, 0.3) is 12.2 Å². The van der Waals surface area contributed by atoms with Crippen molar-refractivity contribution in [2.24, 2.45) is 0 Å². The van der Waals surface area contributed by atoms with Crippen molar-refractivity contribution in [1.82, 2.24) is 19.5 Å². The lowest BCUT2D eigenvalue weighted by molar-refractivity contribution is 0.713. The highest BCUT2D eigenvalue weighted by Gasteiger charge is 2.01. The fraction of sp³-hybridized carbons (Fsp3) is 0.143. The Balaban J connectivity index is 0.000000214. The number of rotatable bonds is 5. The first-order valence-electron chi connectivity index (χ1n) is 11.2. The van der Waals surface area contributed by atoms with Crippen LogP contribution in [-0.2, 0) is 12.4 Å². The van der Waals surface area contributed by atoms with Gasteiger partial charge in [-0.1, -0.05) is 73.8 Å². The van der Waals surface area contributed by atoms with Crippen molar-refractivity contribution in [3.8, 4) is 0 Å². The molecule has 0 spiro atoms. The number of benzene rings is 2. The Morgan fingerprint density at radius 3 is 1.76 bits per heavy atom. The van der Waals surface area contributed by atoms with Gasteiger partial charge in [0.1, 0.15) is 0 Å². The minimum atomic E-state index is -0.467. The van der Waals surface area contributed by atoms with Crippen molar-refractivity contribution in [2.75, 3.05) is 0 Å². The second-order valence-electron chi connectivity index (χ2n) is 7.98. The highest BCUT2D eigenvalue weighted by Crippen LogP contribution is 2.07. The van der Waals surface area contributed by atoms with Crippen LogP contribution in [0, 0.1) is 13.8 Å². The minimum Gasteiger partial charge on any atom is -0.314 e. The van der Waals surface area contributed by atoms with E-state index in [1.54, 1.807) is 26.1 Å². The van der Waals surface area contributed by atoms with E-state index in [9.17, 15) is 19.2 Å². The van der Waals surface area contributed by atoms with Crippen LogP contribution in [-0.4, -0.2) is 19.5 Å². The molecule has 4 rings (SSSR count). The first-order chi connectivity index (χ1) is 17.7. The van der Waals surface area contributed by atoms with Crippen LogP contribution >= 0.6 is 11.6 Å². The summed E-state index contributed by atoms with van der Waals surface area (Å²) in [5.41, 5.74) is 3.81. The van der Waals surface area contributed by atoms with Crippen molar-refractivity contribution in [1.29, 1.82) is 0 Å². The molecule has 0 saturated heterocycles. The molecule has 8 nitrogen and oxygen atoms in total. The normalized spacial score (nSPS) is 9.81. The van der Waals surface area contributed by atoms with Gasteiger partial charge in [-0.2, -0.15) is 0 Å². The van der Waals surface area contributed by atoms with E-state index in [0.717, 1.165) is 22.3 Å². The molecule has 2 heterocycles. The number of nitrogens with zero attached hydrogens (tertiary/aromatic N) is 1. The van der Waals surface area contributed by atoms with Gasteiger partial charge in [-0.05, 0) is 36.1 Å². The molecule has 3 N–H and O–H groups in total. The van der Waals surface area contributed by atoms with Gasteiger partial charge in [-0.25, -0.2) is 9.59 Å². The number of hydrogen-bond donors (Lipinski definition) is 3. The predicted octanol–water partition coefficient (Wildman–Crippen LogP) is 3.98. The first kappa shape index (κ1) is 28.8. The molecule has 4 aromatic rings. The number of aromatic nitrogens is 4. The Bertz CT molecular complexity index is 1560. The van der Waals surface area contributed by atoms with Gasteiger partial charge < -0.3 is 4.98 Å². The number of aryl methyl sites for hydroxylation is 2. The first-order valence-corrected chi connectivity index (χ1v) is 11.8. The monoisotopic (exact) mass is 520 g/mol. The number of halogens is 1. The van der Waals surface area contributed by atoms with Gasteiger partial charge >= 0.3 is 11.4 Å². The van der Waals surface area contributed by atoms with E-state index in [4.69, 9.17) is 11.6 Å². The molecule has 0 amide bonds. The van der Waals surface area contributed by atoms with Crippen molar-refractivity contribution in [3.05, 3.63) is 149 Å². The fourth-order valence-corrected chi connectivity index (χ4v) is 3.09. The average Bonchev–Trinajstić information content (AvgIpc) is 2.91. The van der Waals surface area contributed by atoms with Gasteiger partial charge in [-0.15, -0.1) is 11.6 Å². The summed E-state index contributed by atoms with van der Waals surface area (Å²) < 4.78 is 1.49. The highest BCUT2D eigenvalue weighted by atomic mass is 35.5. The lowest BCUT2D eigenvalue weighted by Gasteiger charge is -2.06. The molecule has 0 aliphatic carbocycles. The maximum absolute atomic E-state index is 11.6. The minimum absolute atomic E-state index is 0.334. The van der Waals surface area contributed by atoms with Crippen LogP contribution in [0.2, 0.25) is 0 Å². The summed E-state index contributed by atoms with van der Waals surface area (Å²) in [4.78, 5) is 50.4. The smallest absolute Gasteiger partial charge is 0.314 e. The molecule has 0 unspecified atom stereocenters. The summed E-state index contributed by atoms with van der Waals surface area (Å²) in [7, 11) is 0. The third kappa shape index (κ3) is 9.27. The number of H-pyrrole nitrogens is 3. The van der Waals surface area contributed by atoms with E-state index < -0.39 is 11.4 Å². The van der Waals surface area contributed by atoms with E-state index in [0.29, 0.717) is 23.6 Å². The molecular weight excluding hydrogens is 492 g/mol. The molecule has 37 heavy (non-hydrogen) atoms. The van der Waals surface area contributed by atoms with E-state index in [-0.39, 0.29) is 11.1 Å². The van der Waals surface area contributed by atoms with Gasteiger partial charge in [0.05, 0.1) is 6.54 Å². The molecule has 0 fully saturated rings. The second-order valence-corrected chi connectivity index (χ2v) is 8.25. The number of hydrogen-bond acceptors (Lipinski definition) is 4. The highest BCUT2D eigenvalue weighted by molar-refractivity contribution is 6.17. The maximum Gasteiger partial charge on any atom is 0.328 e. The zero-order valence-corrected chi connectivity index (χ0v) is 21.5. The Labute approximate surface area is 218 Å². The van der Waals surface area contributed by atoms with Crippen molar-refractivity contribution in [2.45, 2.75) is 26.3 Å². The van der Waals surface area contributed by atoms with Crippen molar-refractivity contribution in [3.63, 3.8) is 0 Å². The van der Waals surface area contributed by atoms with Crippen molar-refractivity contribution >= 4 is 23.8 Å². The fourth-order valence-electron chi connectivity index (χ4n) is 2.91. The predicted molar refractivity (Wildman–Crippen MR) is 150 cm³/mol. The summed E-state index contributed by atoms with van der Waals surface area (Å²) in [6, 6.07) is 15.8. The molecular formula is C28H29ClN4O4. The lowest BCUT2D eigenvalue weighted by Crippen LogP contribution is -2.31. The molecule has 0 bridgehead atoms. The van der Waals surface area contributed by atoms with Gasteiger partial charge in [0, 0.05) is 29.4 Å². The number of aromatic amines is 3. The van der Waals surface area contributed by atoms with Crippen LogP contribution in [0.5, 0.6) is 0 Å². The van der Waals surface area contributed by atoms with Gasteiger partial charge in [-0.3, -0.25) is 24.1 Å². The second kappa shape index (κ2) is 14.2. The molecule has 0 radical (unpaired) electrons. The van der Waals surface area contributed by atoms with Gasteiger partial charge in [0.15, 0.2) is 0 Å². The summed E-state index contributed by atoms with van der Waals surface area (Å²) in [5, 5.41) is 0. The van der Waals surface area contributed by atoms with Crippen LogP contribution in [0.1, 0.15) is 33.4 Å². The van der Waals surface area contributed by atoms with Crippen LogP contribution in [0.4, 0.5) is 0 Å². The molecule has 2 aromatic carbocycles. The quantitative estimate of drug-likeness (QED) is 0.345. The molecule has 0 saturated carbocycles. The number of nitrogens with one attached hydrogen (secondary N) is 3. The summed E-state index contributed by atoms with van der Waals surface area (Å²) in [6.45, 7) is 11.1. The SMILES string of the molecule is C=Cc1ccc(CCl)cc1.C=Cc1ccc(Cn2cc(C)c(=O)[nH]c2=O)cc1.Cc1c[nH]c(=O)[nH]c1=O. The third-order valence-electron chi connectivity index (χ3n) is 5.13. The Kier molecular flexibility index (Phi) is 11.1. The maximum atomic E-state index is 11.6. The molecule has 0 atom stereocenters. The molecule has 0 aliphatic rings. The number of alkyl halides is 1. The summed E-state index contributed by atoms with van der Waals surface area (Å²) >= 11 is 5.60. The Morgan fingerprint density at radius 1 is 0.784 bits per heavy atom. The summed E-state index contributed by atoms with van der Waals surface area (Å²) in [5.74, 6) is 0.581. The zero-order valence-electron chi connectivity index (χ0n) is 20.7. The molecule has 0 aliphatic heterocycles. The Morgan fingerprint density at radius 2 is 1.30 bits per heavy atom. The van der Waals surface area contributed by atoms with E-state index in [1.807, 2.05) is 54.6 Å². The van der Waals surface area contributed by atoms with Crippen LogP contribution < -0.4 is 22.5 Å². The van der Waals surface area contributed by atoms with E-state index in [1.165, 1.54) is 10.8 Å². The van der Waals surface area contributed by atoms with Crippen molar-refractivity contribution < 1.29 is 0 Å². The molecule has 192 valence electrons. The molecule has 2 aromatic heterocycles. The molecule has 9 heteroatoms. The standard InChI is InChI=1S/C14H14N2O2.C9H9Cl.C5H6N2O2/c1-3-11-4-6-12(7-5-11)9-16-8-10(2)13(17)15-14(16)18;1-2-8-3-5-9(7-10)6-4-8;1-3-2-6-5(9)7-4(3)8/h3-8H,1,9H2,2H3,(H,15,17,18);2-6H,1,7H2;2H,1H3,(H2,6,7,8,9). The largest absolute Gasteiger partial charge is 0.328 e. The van der Waals surface area contributed by atoms with E-state index >= 15 is 0 Å². The Hall–Kier alpha value is -4.43. The van der Waals surface area contributed by atoms with E-state index in [2.05, 4.69) is 28.1 Å². The topological polar surface area (TPSA) is 121 Å². The van der Waals surface area contributed by atoms with Gasteiger partial charge in [0.25, 0.3) is 11.1 Å². The third-order valence-corrected chi connectivity index (χ3v) is 5.44. The average molecular weight is 521 g/mol. The van der Waals surface area contributed by atoms with Crippen LogP contribution in [0.15, 0.2) is 93.3 Å². The van der Waals surface area contributed by atoms with Crippen LogP contribution in [0.3, 0.4) is 0 Å². The zero-order chi connectivity index (χ0) is 27.4.